The molecule has 0 saturated carbocycles. The number of aryl methyl sites for hydroxylation is 1. The molecule has 0 heterocycles. The Kier molecular flexibility index (Phi) is 5.42. The topological polar surface area (TPSA) is 44.8 Å². The standard InChI is InChI=1S/C18H20O4/c1-13-6-4-5-7-14(13)10-11-22-16-9-8-15(18(19)21-3)12-17(16)20-2/h4-9,12H,10-11H2,1-3H3. The Hall–Kier alpha value is -2.49. The van der Waals surface area contributed by atoms with Gasteiger partial charge in [0.15, 0.2) is 11.5 Å². The van der Waals surface area contributed by atoms with Crippen LogP contribution in [-0.4, -0.2) is 26.8 Å². The van der Waals surface area contributed by atoms with E-state index in [2.05, 4.69) is 19.1 Å². The van der Waals surface area contributed by atoms with Crippen LogP contribution in [0.5, 0.6) is 11.5 Å². The van der Waals surface area contributed by atoms with E-state index in [1.54, 1.807) is 25.3 Å². The molecule has 0 bridgehead atoms. The molecule has 0 atom stereocenters. The van der Waals surface area contributed by atoms with Gasteiger partial charge in [-0.2, -0.15) is 0 Å². The molecule has 2 aromatic rings. The first-order valence-corrected chi connectivity index (χ1v) is 7.09. The van der Waals surface area contributed by atoms with Crippen LogP contribution in [0.4, 0.5) is 0 Å². The maximum absolute atomic E-state index is 11.5. The van der Waals surface area contributed by atoms with Gasteiger partial charge in [-0.1, -0.05) is 24.3 Å². The fourth-order valence-electron chi connectivity index (χ4n) is 2.19. The van der Waals surface area contributed by atoms with Gasteiger partial charge in [0.1, 0.15) is 0 Å². The van der Waals surface area contributed by atoms with Gasteiger partial charge in [-0.05, 0) is 36.2 Å². The summed E-state index contributed by atoms with van der Waals surface area (Å²) in [5.74, 6) is 0.737. The number of carbonyl (C=O) groups is 1. The quantitative estimate of drug-likeness (QED) is 0.767. The SMILES string of the molecule is COC(=O)c1ccc(OCCc2ccccc2C)c(OC)c1. The Morgan fingerprint density at radius 3 is 2.50 bits per heavy atom. The fourth-order valence-corrected chi connectivity index (χ4v) is 2.19. The average molecular weight is 300 g/mol. The molecule has 0 radical (unpaired) electrons. The highest BCUT2D eigenvalue weighted by Crippen LogP contribution is 2.28. The zero-order chi connectivity index (χ0) is 15.9. The van der Waals surface area contributed by atoms with Crippen molar-refractivity contribution in [2.45, 2.75) is 13.3 Å². The van der Waals surface area contributed by atoms with Crippen molar-refractivity contribution in [3.8, 4) is 11.5 Å². The van der Waals surface area contributed by atoms with Crippen LogP contribution < -0.4 is 9.47 Å². The number of hydrogen-bond acceptors (Lipinski definition) is 4. The van der Waals surface area contributed by atoms with Crippen LogP contribution in [0.3, 0.4) is 0 Å². The summed E-state index contributed by atoms with van der Waals surface area (Å²) in [6.45, 7) is 2.62. The normalized spacial score (nSPS) is 10.1. The summed E-state index contributed by atoms with van der Waals surface area (Å²) in [6.07, 6.45) is 0.814. The highest BCUT2D eigenvalue weighted by Gasteiger charge is 2.11. The lowest BCUT2D eigenvalue weighted by Crippen LogP contribution is -2.05. The third-order valence-corrected chi connectivity index (χ3v) is 3.47. The maximum atomic E-state index is 11.5. The molecule has 0 N–H and O–H groups in total. The summed E-state index contributed by atoms with van der Waals surface area (Å²) < 4.78 is 15.7. The lowest BCUT2D eigenvalue weighted by atomic mass is 10.1. The van der Waals surface area contributed by atoms with Gasteiger partial charge in [-0.3, -0.25) is 0 Å². The van der Waals surface area contributed by atoms with Crippen molar-refractivity contribution in [2.24, 2.45) is 0 Å². The highest BCUT2D eigenvalue weighted by molar-refractivity contribution is 5.90. The van der Waals surface area contributed by atoms with E-state index in [-0.39, 0.29) is 0 Å². The second-order valence-electron chi connectivity index (χ2n) is 4.88. The lowest BCUT2D eigenvalue weighted by molar-refractivity contribution is 0.0600. The van der Waals surface area contributed by atoms with Crippen molar-refractivity contribution in [1.82, 2.24) is 0 Å². The number of carbonyl (C=O) groups excluding carboxylic acids is 1. The van der Waals surface area contributed by atoms with Crippen molar-refractivity contribution in [3.05, 3.63) is 59.2 Å². The lowest BCUT2D eigenvalue weighted by Gasteiger charge is -2.12. The monoisotopic (exact) mass is 300 g/mol. The maximum Gasteiger partial charge on any atom is 0.337 e. The van der Waals surface area contributed by atoms with Crippen LogP contribution in [0.1, 0.15) is 21.5 Å². The predicted molar refractivity (Wildman–Crippen MR) is 84.7 cm³/mol. The van der Waals surface area contributed by atoms with E-state index in [1.807, 2.05) is 12.1 Å². The number of rotatable bonds is 6. The summed E-state index contributed by atoms with van der Waals surface area (Å²) in [7, 11) is 2.89. The molecule has 0 spiro atoms. The van der Waals surface area contributed by atoms with Gasteiger partial charge >= 0.3 is 5.97 Å². The van der Waals surface area contributed by atoms with Gasteiger partial charge in [-0.15, -0.1) is 0 Å². The molecule has 116 valence electrons. The van der Waals surface area contributed by atoms with Crippen LogP contribution in [-0.2, 0) is 11.2 Å². The van der Waals surface area contributed by atoms with Crippen molar-refractivity contribution in [1.29, 1.82) is 0 Å². The first kappa shape index (κ1) is 15.9. The van der Waals surface area contributed by atoms with Crippen LogP contribution in [0.25, 0.3) is 0 Å². The fraction of sp³-hybridized carbons (Fsp3) is 0.278. The number of ether oxygens (including phenoxy) is 3. The molecule has 4 nitrogen and oxygen atoms in total. The molecule has 2 aromatic carbocycles. The molecule has 0 saturated heterocycles. The summed E-state index contributed by atoms with van der Waals surface area (Å²) in [5.41, 5.74) is 2.94. The average Bonchev–Trinajstić information content (AvgIpc) is 2.56. The molecule has 2 rings (SSSR count). The van der Waals surface area contributed by atoms with Crippen LogP contribution in [0.2, 0.25) is 0 Å². The molecule has 4 heteroatoms. The van der Waals surface area contributed by atoms with Gasteiger partial charge in [0.25, 0.3) is 0 Å². The van der Waals surface area contributed by atoms with E-state index in [0.717, 1.165) is 6.42 Å². The molecule has 0 aliphatic carbocycles. The van der Waals surface area contributed by atoms with E-state index >= 15 is 0 Å². The van der Waals surface area contributed by atoms with Crippen molar-refractivity contribution < 1.29 is 19.0 Å². The van der Waals surface area contributed by atoms with Crippen molar-refractivity contribution >= 4 is 5.97 Å². The molecule has 0 aromatic heterocycles. The van der Waals surface area contributed by atoms with Gasteiger partial charge in [0.2, 0.25) is 0 Å². The van der Waals surface area contributed by atoms with Crippen molar-refractivity contribution in [2.75, 3.05) is 20.8 Å². The summed E-state index contributed by atoms with van der Waals surface area (Å²) in [6, 6.07) is 13.2. The second kappa shape index (κ2) is 7.50. The Morgan fingerprint density at radius 2 is 1.82 bits per heavy atom. The zero-order valence-electron chi connectivity index (χ0n) is 13.1. The number of esters is 1. The van der Waals surface area contributed by atoms with Crippen LogP contribution in [0, 0.1) is 6.92 Å². The van der Waals surface area contributed by atoms with Gasteiger partial charge in [0, 0.05) is 6.42 Å². The van der Waals surface area contributed by atoms with E-state index < -0.39 is 5.97 Å². The third-order valence-electron chi connectivity index (χ3n) is 3.47. The van der Waals surface area contributed by atoms with Gasteiger partial charge < -0.3 is 14.2 Å². The molecule has 0 aliphatic rings. The summed E-state index contributed by atoms with van der Waals surface area (Å²) in [5, 5.41) is 0. The van der Waals surface area contributed by atoms with Gasteiger partial charge in [-0.25, -0.2) is 4.79 Å². The molecule has 0 aliphatic heterocycles. The first-order valence-electron chi connectivity index (χ1n) is 7.09. The minimum absolute atomic E-state index is 0.398. The van der Waals surface area contributed by atoms with E-state index in [0.29, 0.717) is 23.7 Å². The molecule has 22 heavy (non-hydrogen) atoms. The van der Waals surface area contributed by atoms with Gasteiger partial charge in [0.05, 0.1) is 26.4 Å². The molecular formula is C18H20O4. The van der Waals surface area contributed by atoms with Crippen molar-refractivity contribution in [3.63, 3.8) is 0 Å². The summed E-state index contributed by atoms with van der Waals surface area (Å²) in [4.78, 5) is 11.5. The van der Waals surface area contributed by atoms with Crippen LogP contribution >= 0.6 is 0 Å². The summed E-state index contributed by atoms with van der Waals surface area (Å²) >= 11 is 0. The largest absolute Gasteiger partial charge is 0.493 e. The third kappa shape index (κ3) is 3.79. The zero-order valence-corrected chi connectivity index (χ0v) is 13.1. The smallest absolute Gasteiger partial charge is 0.337 e. The Morgan fingerprint density at radius 1 is 1.05 bits per heavy atom. The minimum atomic E-state index is -0.398. The molecule has 0 fully saturated rings. The number of methoxy groups -OCH3 is 2. The Bertz CT molecular complexity index is 649. The van der Waals surface area contributed by atoms with E-state index in [4.69, 9.17) is 14.2 Å². The van der Waals surface area contributed by atoms with E-state index in [9.17, 15) is 4.79 Å². The molecule has 0 unspecified atom stereocenters. The Balaban J connectivity index is 2.03. The number of hydrogen-bond donors (Lipinski definition) is 0. The Labute approximate surface area is 130 Å². The first-order chi connectivity index (χ1) is 10.7. The minimum Gasteiger partial charge on any atom is -0.493 e. The number of benzene rings is 2. The van der Waals surface area contributed by atoms with Crippen LogP contribution in [0.15, 0.2) is 42.5 Å². The molecule has 0 amide bonds. The van der Waals surface area contributed by atoms with E-state index in [1.165, 1.54) is 18.2 Å². The highest BCUT2D eigenvalue weighted by atomic mass is 16.5. The molecular weight excluding hydrogens is 280 g/mol. The predicted octanol–water partition coefficient (Wildman–Crippen LogP) is 3.41. The second-order valence-corrected chi connectivity index (χ2v) is 4.88.